The third-order valence-corrected chi connectivity index (χ3v) is 10.3. The van der Waals surface area contributed by atoms with Crippen LogP contribution in [0.15, 0.2) is 33.3 Å². The second-order valence-corrected chi connectivity index (χ2v) is 13.8. The molecule has 3 aliphatic rings. The first-order chi connectivity index (χ1) is 20.1. The van der Waals surface area contributed by atoms with Gasteiger partial charge >= 0.3 is 6.03 Å². The number of aliphatic hydroxyl groups excluding tert-OH is 1. The number of nitrogens with one attached hydrogen (secondary N) is 1. The van der Waals surface area contributed by atoms with Gasteiger partial charge in [-0.3, -0.25) is 14.6 Å². The Hall–Kier alpha value is -2.21. The predicted octanol–water partition coefficient (Wildman–Crippen LogP) is 4.39. The van der Waals surface area contributed by atoms with Gasteiger partial charge in [-0.05, 0) is 101 Å². The summed E-state index contributed by atoms with van der Waals surface area (Å²) in [6.07, 6.45) is 7.38. The number of nitrogens with two attached hydrogens (primary N) is 1. The molecule has 9 nitrogen and oxygen atoms in total. The first-order valence-electron chi connectivity index (χ1n) is 14.5. The van der Waals surface area contributed by atoms with Gasteiger partial charge in [-0.2, -0.15) is 0 Å². The fraction of sp³-hybridized carbons (Fsp3) is 0.533. The van der Waals surface area contributed by atoms with Gasteiger partial charge in [0.15, 0.2) is 0 Å². The monoisotopic (exact) mass is 723 g/mol. The number of fused-ring (bicyclic) bond motifs is 2. The first-order valence-corrected chi connectivity index (χ1v) is 16.5. The molecule has 4 N–H and O–H groups in total. The van der Waals surface area contributed by atoms with E-state index in [2.05, 4.69) is 49.3 Å². The highest BCUT2D eigenvalue weighted by atomic mass is 79.9. The van der Waals surface area contributed by atoms with Crippen LogP contribution in [0.2, 0.25) is 5.02 Å². The number of carbonyl (C=O) groups excluding carboxylic acids is 3. The van der Waals surface area contributed by atoms with Crippen LogP contribution < -0.4 is 11.1 Å². The molecular weight excluding hydrogens is 690 g/mol. The number of nitrogens with zero attached hydrogens (tertiary/aromatic N) is 3. The minimum atomic E-state index is -1.10. The summed E-state index contributed by atoms with van der Waals surface area (Å²) in [4.78, 5) is 45.6. The third-order valence-electron chi connectivity index (χ3n) is 8.97. The molecule has 3 heterocycles. The number of carbonyl (C=O) groups is 3. The van der Waals surface area contributed by atoms with Gasteiger partial charge in [0.1, 0.15) is 6.04 Å². The van der Waals surface area contributed by atoms with Crippen LogP contribution in [0.5, 0.6) is 0 Å². The van der Waals surface area contributed by atoms with Gasteiger partial charge in [-0.1, -0.05) is 27.5 Å². The van der Waals surface area contributed by atoms with Crippen molar-refractivity contribution in [3.63, 3.8) is 0 Å². The molecule has 1 aromatic carbocycles. The van der Waals surface area contributed by atoms with Crippen molar-refractivity contribution in [2.24, 2.45) is 17.6 Å². The summed E-state index contributed by atoms with van der Waals surface area (Å²) in [6, 6.07) is 4.74. The highest BCUT2D eigenvalue weighted by Gasteiger charge is 2.37. The van der Waals surface area contributed by atoms with Crippen LogP contribution in [0.25, 0.3) is 0 Å². The van der Waals surface area contributed by atoms with Crippen molar-refractivity contribution in [2.45, 2.75) is 56.9 Å². The van der Waals surface area contributed by atoms with Gasteiger partial charge in [-0.25, -0.2) is 4.79 Å². The zero-order valence-corrected chi connectivity index (χ0v) is 27.3. The van der Waals surface area contributed by atoms with E-state index in [4.69, 9.17) is 22.3 Å². The molecule has 1 aromatic heterocycles. The minimum Gasteiger partial charge on any atom is -0.394 e. The zero-order valence-electron chi connectivity index (χ0n) is 23.3. The zero-order chi connectivity index (χ0) is 30.0. The number of amides is 4. The number of pyridine rings is 1. The van der Waals surface area contributed by atoms with E-state index in [1.165, 1.54) is 16.7 Å². The average molecular weight is 726 g/mol. The molecule has 12 heteroatoms. The van der Waals surface area contributed by atoms with Crippen molar-refractivity contribution in [2.75, 3.05) is 32.8 Å². The Morgan fingerprint density at radius 2 is 1.69 bits per heavy atom. The fourth-order valence-electron chi connectivity index (χ4n) is 6.68. The van der Waals surface area contributed by atoms with Crippen molar-refractivity contribution in [3.05, 3.63) is 60.7 Å². The van der Waals surface area contributed by atoms with E-state index in [1.54, 1.807) is 4.90 Å². The van der Waals surface area contributed by atoms with E-state index >= 15 is 0 Å². The fourth-order valence-corrected chi connectivity index (χ4v) is 8.17. The molecule has 5 rings (SSSR count). The molecule has 2 fully saturated rings. The Kier molecular flexibility index (Phi) is 10.1. The molecule has 1 unspecified atom stereocenters. The number of halogens is 3. The Morgan fingerprint density at radius 3 is 2.36 bits per heavy atom. The Bertz CT molecular complexity index is 1350. The number of aryl methyl sites for hydroxylation is 2. The lowest BCUT2D eigenvalue weighted by Crippen LogP contribution is -2.53. The van der Waals surface area contributed by atoms with E-state index in [0.717, 1.165) is 45.3 Å². The highest BCUT2D eigenvalue weighted by molar-refractivity contribution is 9.10. The summed E-state index contributed by atoms with van der Waals surface area (Å²) in [5.41, 5.74) is 10.1. The molecule has 226 valence electrons. The van der Waals surface area contributed by atoms with Gasteiger partial charge in [0, 0.05) is 58.7 Å². The maximum atomic E-state index is 13.3. The summed E-state index contributed by atoms with van der Waals surface area (Å²) in [5, 5.41) is 12.4. The van der Waals surface area contributed by atoms with E-state index in [1.807, 2.05) is 17.2 Å². The molecule has 2 aliphatic heterocycles. The number of urea groups is 1. The van der Waals surface area contributed by atoms with Crippen molar-refractivity contribution < 1.29 is 19.5 Å². The van der Waals surface area contributed by atoms with Crippen LogP contribution in [0.3, 0.4) is 0 Å². The predicted molar refractivity (Wildman–Crippen MR) is 167 cm³/mol. The Balaban J connectivity index is 1.20. The molecule has 2 atom stereocenters. The minimum absolute atomic E-state index is 0.130. The van der Waals surface area contributed by atoms with Crippen molar-refractivity contribution in [3.8, 4) is 0 Å². The van der Waals surface area contributed by atoms with E-state index in [9.17, 15) is 19.5 Å². The lowest BCUT2D eigenvalue weighted by molar-refractivity contribution is -0.134. The number of hydrogen-bond donors (Lipinski definition) is 3. The van der Waals surface area contributed by atoms with Crippen LogP contribution >= 0.6 is 43.5 Å². The number of benzene rings is 1. The standard InChI is InChI=1S/C30H36Br2ClN5O4/c31-21-12-20-2-1-19-13-22(33)14-23(32)26(19)27(28(20)35-15-21)18-5-9-37(10-6-18)25(40)11-17-3-7-38(8-4-17)30(42)36-24(16-39)29(34)41/h12-15,17-18,24,27,39H,1-11,16H2,(H2,34,41)(H,36,42)/t24?,27-/m1/s1. The lowest BCUT2D eigenvalue weighted by atomic mass is 9.76. The van der Waals surface area contributed by atoms with Crippen LogP contribution in [0.4, 0.5) is 4.79 Å². The van der Waals surface area contributed by atoms with E-state index in [-0.39, 0.29) is 17.7 Å². The maximum Gasteiger partial charge on any atom is 0.318 e. The van der Waals surface area contributed by atoms with Gasteiger partial charge in [-0.15, -0.1) is 0 Å². The van der Waals surface area contributed by atoms with Gasteiger partial charge < -0.3 is 26.0 Å². The number of primary amides is 1. The third kappa shape index (κ3) is 6.95. The number of aromatic nitrogens is 1. The van der Waals surface area contributed by atoms with E-state index in [0.29, 0.717) is 51.4 Å². The quantitative estimate of drug-likeness (QED) is 0.407. The summed E-state index contributed by atoms with van der Waals surface area (Å²) >= 11 is 13.9. The van der Waals surface area contributed by atoms with Crippen LogP contribution in [-0.2, 0) is 22.4 Å². The molecule has 2 saturated heterocycles. The second-order valence-electron chi connectivity index (χ2n) is 11.6. The average Bonchev–Trinajstić information content (AvgIpc) is 3.12. The molecule has 1 aliphatic carbocycles. The van der Waals surface area contributed by atoms with Gasteiger partial charge in [0.2, 0.25) is 11.8 Å². The normalized spacial score (nSPS) is 20.3. The van der Waals surface area contributed by atoms with Crippen LogP contribution in [0.1, 0.15) is 60.4 Å². The highest BCUT2D eigenvalue weighted by Crippen LogP contribution is 2.46. The van der Waals surface area contributed by atoms with Crippen molar-refractivity contribution >= 4 is 61.3 Å². The van der Waals surface area contributed by atoms with Crippen molar-refractivity contribution in [1.82, 2.24) is 20.1 Å². The summed E-state index contributed by atoms with van der Waals surface area (Å²) in [6.45, 7) is 1.87. The SMILES string of the molecule is NC(=O)C(CO)NC(=O)N1CCC(CC(=O)N2CCC([C@H]3c4ncc(Br)cc4CCc4cc(Cl)cc(Br)c43)CC2)CC1. The smallest absolute Gasteiger partial charge is 0.318 e. The number of likely N-dealkylation sites (tertiary alicyclic amines) is 2. The molecule has 42 heavy (non-hydrogen) atoms. The van der Waals surface area contributed by atoms with Crippen LogP contribution in [-0.4, -0.2) is 76.6 Å². The second kappa shape index (κ2) is 13.6. The number of piperidine rings is 2. The molecule has 0 radical (unpaired) electrons. The van der Waals surface area contributed by atoms with Crippen molar-refractivity contribution in [1.29, 1.82) is 0 Å². The van der Waals surface area contributed by atoms with E-state index < -0.39 is 24.6 Å². The summed E-state index contributed by atoms with van der Waals surface area (Å²) in [5.74, 6) is 0.0738. The maximum absolute atomic E-state index is 13.3. The molecule has 0 spiro atoms. The Labute approximate surface area is 267 Å². The number of rotatable bonds is 6. The summed E-state index contributed by atoms with van der Waals surface area (Å²) in [7, 11) is 0. The topological polar surface area (TPSA) is 129 Å². The van der Waals surface area contributed by atoms with Crippen LogP contribution in [0, 0.1) is 11.8 Å². The first kappa shape index (κ1) is 31.2. The Morgan fingerprint density at radius 1 is 1.02 bits per heavy atom. The van der Waals surface area contributed by atoms with Gasteiger partial charge in [0.25, 0.3) is 0 Å². The molecule has 0 saturated carbocycles. The number of aliphatic hydroxyl groups is 1. The molecule has 2 aromatic rings. The number of hydrogen-bond acceptors (Lipinski definition) is 5. The van der Waals surface area contributed by atoms with Gasteiger partial charge in [0.05, 0.1) is 12.3 Å². The molecular formula is C30H36Br2ClN5O4. The molecule has 4 amide bonds. The molecule has 0 bridgehead atoms. The lowest BCUT2D eigenvalue weighted by Gasteiger charge is -2.38. The largest absolute Gasteiger partial charge is 0.394 e. The summed E-state index contributed by atoms with van der Waals surface area (Å²) < 4.78 is 2.00.